The predicted octanol–water partition coefficient (Wildman–Crippen LogP) is 1.54. The zero-order valence-corrected chi connectivity index (χ0v) is 7.26. The van der Waals surface area contributed by atoms with Crippen molar-refractivity contribution in [2.75, 3.05) is 12.4 Å². The average Bonchev–Trinajstić information content (AvgIpc) is 2.16. The Balaban J connectivity index is 3.25. The molecule has 0 fully saturated rings. The van der Waals surface area contributed by atoms with Gasteiger partial charge in [-0.3, -0.25) is 20.2 Å². The van der Waals surface area contributed by atoms with E-state index in [9.17, 15) is 20.2 Å². The van der Waals surface area contributed by atoms with Crippen LogP contribution in [-0.4, -0.2) is 16.9 Å². The third kappa shape index (κ3) is 1.76. The van der Waals surface area contributed by atoms with E-state index in [4.69, 9.17) is 0 Å². The van der Waals surface area contributed by atoms with E-state index in [1.54, 1.807) is 0 Å². The van der Waals surface area contributed by atoms with E-state index < -0.39 is 9.85 Å². The Hall–Kier alpha value is -2.18. The minimum Gasteiger partial charge on any atom is -0.382 e. The van der Waals surface area contributed by atoms with Crippen LogP contribution in [0.5, 0.6) is 0 Å². The molecule has 0 saturated heterocycles. The molecule has 0 atom stereocenters. The standard InChI is InChI=1S/C7H7N3O4/c1-8-6-4-5(9(11)12)2-3-7(6)10(13)14/h2-4,8H,1H3. The number of nitro benzene ring substituents is 2. The van der Waals surface area contributed by atoms with Gasteiger partial charge in [-0.05, 0) is 0 Å². The number of hydrogen-bond donors (Lipinski definition) is 1. The van der Waals surface area contributed by atoms with Crippen LogP contribution in [0.2, 0.25) is 0 Å². The summed E-state index contributed by atoms with van der Waals surface area (Å²) < 4.78 is 0. The highest BCUT2D eigenvalue weighted by Gasteiger charge is 2.16. The van der Waals surface area contributed by atoms with Crippen LogP contribution in [-0.2, 0) is 0 Å². The van der Waals surface area contributed by atoms with Gasteiger partial charge in [0.1, 0.15) is 5.69 Å². The molecular formula is C7H7N3O4. The van der Waals surface area contributed by atoms with Gasteiger partial charge < -0.3 is 5.32 Å². The van der Waals surface area contributed by atoms with E-state index in [0.29, 0.717) is 0 Å². The summed E-state index contributed by atoms with van der Waals surface area (Å²) in [6.45, 7) is 0. The first-order valence-electron chi connectivity index (χ1n) is 3.67. The predicted molar refractivity (Wildman–Crippen MR) is 49.3 cm³/mol. The van der Waals surface area contributed by atoms with Gasteiger partial charge in [0, 0.05) is 25.2 Å². The molecular weight excluding hydrogens is 190 g/mol. The molecule has 0 radical (unpaired) electrons. The Kier molecular flexibility index (Phi) is 2.61. The molecule has 0 aliphatic heterocycles. The van der Waals surface area contributed by atoms with Crippen molar-refractivity contribution >= 4 is 17.1 Å². The molecule has 0 amide bonds. The average molecular weight is 197 g/mol. The van der Waals surface area contributed by atoms with Gasteiger partial charge in [-0.25, -0.2) is 0 Å². The van der Waals surface area contributed by atoms with E-state index in [-0.39, 0.29) is 17.1 Å². The van der Waals surface area contributed by atoms with E-state index in [1.807, 2.05) is 0 Å². The number of rotatable bonds is 3. The van der Waals surface area contributed by atoms with Gasteiger partial charge in [0.15, 0.2) is 0 Å². The van der Waals surface area contributed by atoms with E-state index in [1.165, 1.54) is 7.05 Å². The Labute approximate surface area is 78.7 Å². The van der Waals surface area contributed by atoms with Crippen LogP contribution in [0.3, 0.4) is 0 Å². The molecule has 1 aromatic carbocycles. The molecule has 0 aliphatic rings. The fourth-order valence-corrected chi connectivity index (χ4v) is 0.997. The molecule has 0 saturated carbocycles. The van der Waals surface area contributed by atoms with Crippen molar-refractivity contribution in [3.05, 3.63) is 38.4 Å². The second kappa shape index (κ2) is 3.69. The first-order chi connectivity index (χ1) is 6.56. The SMILES string of the molecule is CNc1cc([N+](=O)[O-])ccc1[N+](=O)[O-]. The van der Waals surface area contributed by atoms with Crippen LogP contribution in [0.15, 0.2) is 18.2 Å². The van der Waals surface area contributed by atoms with Crippen LogP contribution in [0.4, 0.5) is 17.1 Å². The number of benzene rings is 1. The molecule has 0 unspecified atom stereocenters. The van der Waals surface area contributed by atoms with E-state index in [0.717, 1.165) is 18.2 Å². The van der Waals surface area contributed by atoms with Crippen LogP contribution >= 0.6 is 0 Å². The molecule has 7 nitrogen and oxygen atoms in total. The summed E-state index contributed by atoms with van der Waals surface area (Å²) in [6.07, 6.45) is 0. The first kappa shape index (κ1) is 9.90. The zero-order valence-electron chi connectivity index (χ0n) is 7.26. The Bertz CT molecular complexity index is 391. The molecule has 0 bridgehead atoms. The second-order valence-electron chi connectivity index (χ2n) is 2.47. The van der Waals surface area contributed by atoms with Gasteiger partial charge >= 0.3 is 0 Å². The normalized spacial score (nSPS) is 9.50. The summed E-state index contributed by atoms with van der Waals surface area (Å²) >= 11 is 0. The monoisotopic (exact) mass is 197 g/mol. The topological polar surface area (TPSA) is 98.3 Å². The van der Waals surface area contributed by atoms with Gasteiger partial charge in [0.05, 0.1) is 9.85 Å². The molecule has 0 aliphatic carbocycles. The number of anilines is 1. The Morgan fingerprint density at radius 1 is 1.21 bits per heavy atom. The third-order valence-corrected chi connectivity index (χ3v) is 1.66. The summed E-state index contributed by atoms with van der Waals surface area (Å²) in [5.74, 6) is 0. The largest absolute Gasteiger partial charge is 0.382 e. The van der Waals surface area contributed by atoms with Crippen LogP contribution < -0.4 is 5.32 Å². The maximum Gasteiger partial charge on any atom is 0.292 e. The summed E-state index contributed by atoms with van der Waals surface area (Å²) in [5, 5.41) is 23.3. The van der Waals surface area contributed by atoms with Crippen molar-refractivity contribution < 1.29 is 9.85 Å². The van der Waals surface area contributed by atoms with Crippen molar-refractivity contribution in [1.82, 2.24) is 0 Å². The third-order valence-electron chi connectivity index (χ3n) is 1.66. The highest BCUT2D eigenvalue weighted by molar-refractivity contribution is 5.65. The van der Waals surface area contributed by atoms with Crippen LogP contribution in [0.25, 0.3) is 0 Å². The maximum atomic E-state index is 10.5. The molecule has 7 heteroatoms. The summed E-state index contributed by atoms with van der Waals surface area (Å²) in [4.78, 5) is 19.6. The lowest BCUT2D eigenvalue weighted by molar-refractivity contribution is -0.388. The van der Waals surface area contributed by atoms with Gasteiger partial charge in [0.25, 0.3) is 11.4 Å². The molecule has 0 heterocycles. The number of nitro groups is 2. The highest BCUT2D eigenvalue weighted by Crippen LogP contribution is 2.27. The quantitative estimate of drug-likeness (QED) is 0.585. The lowest BCUT2D eigenvalue weighted by Crippen LogP contribution is -1.98. The van der Waals surface area contributed by atoms with Crippen molar-refractivity contribution in [2.45, 2.75) is 0 Å². The number of hydrogen-bond acceptors (Lipinski definition) is 5. The fraction of sp³-hybridized carbons (Fsp3) is 0.143. The zero-order chi connectivity index (χ0) is 10.7. The summed E-state index contributed by atoms with van der Waals surface area (Å²) in [7, 11) is 1.46. The summed E-state index contributed by atoms with van der Waals surface area (Å²) in [6, 6.07) is 3.32. The van der Waals surface area contributed by atoms with Crippen molar-refractivity contribution in [3.63, 3.8) is 0 Å². The molecule has 1 N–H and O–H groups in total. The Morgan fingerprint density at radius 3 is 2.29 bits per heavy atom. The van der Waals surface area contributed by atoms with Crippen LogP contribution in [0, 0.1) is 20.2 Å². The fourth-order valence-electron chi connectivity index (χ4n) is 0.997. The summed E-state index contributed by atoms with van der Waals surface area (Å²) in [5.41, 5.74) is -0.234. The minimum absolute atomic E-state index is 0.129. The van der Waals surface area contributed by atoms with Gasteiger partial charge in [0.2, 0.25) is 0 Å². The van der Waals surface area contributed by atoms with Crippen LogP contribution in [0.1, 0.15) is 0 Å². The molecule has 0 aromatic heterocycles. The highest BCUT2D eigenvalue weighted by atomic mass is 16.6. The van der Waals surface area contributed by atoms with E-state index >= 15 is 0 Å². The molecule has 14 heavy (non-hydrogen) atoms. The smallest absolute Gasteiger partial charge is 0.292 e. The number of non-ortho nitro benzene ring substituents is 1. The minimum atomic E-state index is -0.607. The number of nitrogens with one attached hydrogen (secondary N) is 1. The van der Waals surface area contributed by atoms with Crippen molar-refractivity contribution in [1.29, 1.82) is 0 Å². The lowest BCUT2D eigenvalue weighted by atomic mass is 10.2. The van der Waals surface area contributed by atoms with Gasteiger partial charge in [-0.15, -0.1) is 0 Å². The maximum absolute atomic E-state index is 10.5. The first-order valence-corrected chi connectivity index (χ1v) is 3.67. The molecule has 1 rings (SSSR count). The second-order valence-corrected chi connectivity index (χ2v) is 2.47. The van der Waals surface area contributed by atoms with Crippen molar-refractivity contribution in [2.24, 2.45) is 0 Å². The van der Waals surface area contributed by atoms with Crippen molar-refractivity contribution in [3.8, 4) is 0 Å². The molecule has 0 spiro atoms. The molecule has 74 valence electrons. The number of nitrogens with zero attached hydrogens (tertiary/aromatic N) is 2. The van der Waals surface area contributed by atoms with Gasteiger partial charge in [-0.2, -0.15) is 0 Å². The van der Waals surface area contributed by atoms with E-state index in [2.05, 4.69) is 5.32 Å². The lowest BCUT2D eigenvalue weighted by Gasteiger charge is -2.00. The van der Waals surface area contributed by atoms with Gasteiger partial charge in [-0.1, -0.05) is 0 Å². The molecule has 1 aromatic rings. The Morgan fingerprint density at radius 2 is 1.86 bits per heavy atom.